The molecular formula is C27H21BrN2O4. The molecule has 170 valence electrons. The van der Waals surface area contributed by atoms with Gasteiger partial charge in [-0.25, -0.2) is 10.2 Å². The van der Waals surface area contributed by atoms with Crippen molar-refractivity contribution in [1.29, 1.82) is 0 Å². The largest absolute Gasteiger partial charge is 0.481 e. The van der Waals surface area contributed by atoms with Crippen LogP contribution in [-0.2, 0) is 4.79 Å². The number of amides is 1. The summed E-state index contributed by atoms with van der Waals surface area (Å²) in [6.07, 6.45) is 0.775. The summed E-state index contributed by atoms with van der Waals surface area (Å²) < 4.78 is 11.8. The fourth-order valence-electron chi connectivity index (χ4n) is 3.17. The van der Waals surface area contributed by atoms with E-state index in [0.717, 1.165) is 16.3 Å². The molecule has 0 saturated heterocycles. The first kappa shape index (κ1) is 23.2. The number of nitrogens with one attached hydrogen (secondary N) is 1. The van der Waals surface area contributed by atoms with Crippen molar-refractivity contribution in [3.63, 3.8) is 0 Å². The number of carbonyl (C=O) groups excluding carboxylic acids is 2. The van der Waals surface area contributed by atoms with E-state index in [4.69, 9.17) is 9.47 Å². The molecule has 1 atom stereocenters. The van der Waals surface area contributed by atoms with Gasteiger partial charge in [0.05, 0.1) is 11.8 Å². The molecule has 6 nitrogen and oxygen atoms in total. The van der Waals surface area contributed by atoms with E-state index in [1.807, 2.05) is 48.5 Å². The van der Waals surface area contributed by atoms with Gasteiger partial charge < -0.3 is 9.47 Å². The van der Waals surface area contributed by atoms with Gasteiger partial charge in [-0.2, -0.15) is 5.10 Å². The topological polar surface area (TPSA) is 77.0 Å². The molecule has 7 heteroatoms. The number of hydrazone groups is 1. The average molecular weight is 517 g/mol. The van der Waals surface area contributed by atoms with Gasteiger partial charge >= 0.3 is 5.97 Å². The van der Waals surface area contributed by atoms with E-state index in [-0.39, 0.29) is 5.91 Å². The molecule has 0 aliphatic carbocycles. The van der Waals surface area contributed by atoms with Crippen molar-refractivity contribution in [2.75, 3.05) is 0 Å². The molecule has 4 rings (SSSR count). The van der Waals surface area contributed by atoms with Gasteiger partial charge in [-0.05, 0) is 87.7 Å². The Kier molecular flexibility index (Phi) is 7.34. The van der Waals surface area contributed by atoms with Gasteiger partial charge in [0.2, 0.25) is 0 Å². The Morgan fingerprint density at radius 3 is 2.32 bits per heavy atom. The number of hydrogen-bond donors (Lipinski definition) is 1. The number of rotatable bonds is 7. The molecular weight excluding hydrogens is 496 g/mol. The Morgan fingerprint density at radius 2 is 1.56 bits per heavy atom. The molecule has 0 aliphatic rings. The van der Waals surface area contributed by atoms with Crippen molar-refractivity contribution in [1.82, 2.24) is 5.43 Å². The molecule has 4 aromatic carbocycles. The van der Waals surface area contributed by atoms with Gasteiger partial charge in [-0.3, -0.25) is 4.79 Å². The Balaban J connectivity index is 1.29. The highest BCUT2D eigenvalue weighted by molar-refractivity contribution is 9.10. The number of carbonyl (C=O) groups is 2. The van der Waals surface area contributed by atoms with Crippen LogP contribution < -0.4 is 14.9 Å². The van der Waals surface area contributed by atoms with E-state index in [1.54, 1.807) is 49.4 Å². The van der Waals surface area contributed by atoms with Crippen LogP contribution in [0, 0.1) is 0 Å². The SMILES string of the molecule is C[C@@H](Oc1ccc2ccccc2c1)C(=O)N/N=C\c1ccc(OC(=O)c2ccccc2Br)cc1. The van der Waals surface area contributed by atoms with Crippen LogP contribution in [0.15, 0.2) is 101 Å². The highest BCUT2D eigenvalue weighted by Crippen LogP contribution is 2.22. The molecule has 0 aliphatic heterocycles. The lowest BCUT2D eigenvalue weighted by atomic mass is 10.1. The maximum atomic E-state index is 12.3. The van der Waals surface area contributed by atoms with Crippen molar-refractivity contribution in [2.24, 2.45) is 5.10 Å². The summed E-state index contributed by atoms with van der Waals surface area (Å²) in [5.41, 5.74) is 3.64. The first-order chi connectivity index (χ1) is 16.5. The summed E-state index contributed by atoms with van der Waals surface area (Å²) in [5, 5.41) is 6.13. The monoisotopic (exact) mass is 516 g/mol. The predicted molar refractivity (Wildman–Crippen MR) is 135 cm³/mol. The standard InChI is InChI=1S/C27H21BrN2O4/c1-18(33-23-15-12-20-6-2-3-7-21(20)16-23)26(31)30-29-17-19-10-13-22(14-11-19)34-27(32)24-8-4-5-9-25(24)28/h2-18H,1H3,(H,30,31)/b29-17-/t18-/m1/s1. The fraction of sp³-hybridized carbons (Fsp3) is 0.0741. The van der Waals surface area contributed by atoms with Crippen molar-refractivity contribution in [3.05, 3.63) is 107 Å². The highest BCUT2D eigenvalue weighted by Gasteiger charge is 2.14. The Labute approximate surface area is 205 Å². The van der Waals surface area contributed by atoms with E-state index < -0.39 is 12.1 Å². The first-order valence-corrected chi connectivity index (χ1v) is 11.3. The van der Waals surface area contributed by atoms with Crippen molar-refractivity contribution in [2.45, 2.75) is 13.0 Å². The average Bonchev–Trinajstić information content (AvgIpc) is 2.85. The second-order valence-electron chi connectivity index (χ2n) is 7.44. The fourth-order valence-corrected chi connectivity index (χ4v) is 3.62. The minimum absolute atomic E-state index is 0.372. The molecule has 34 heavy (non-hydrogen) atoms. The zero-order valence-electron chi connectivity index (χ0n) is 18.3. The zero-order chi connectivity index (χ0) is 23.9. The summed E-state index contributed by atoms with van der Waals surface area (Å²) >= 11 is 3.34. The zero-order valence-corrected chi connectivity index (χ0v) is 19.9. The van der Waals surface area contributed by atoms with E-state index in [0.29, 0.717) is 21.5 Å². The molecule has 1 amide bonds. The second kappa shape index (κ2) is 10.8. The lowest BCUT2D eigenvalue weighted by molar-refractivity contribution is -0.127. The van der Waals surface area contributed by atoms with Crippen molar-refractivity contribution >= 4 is 44.8 Å². The Hall–Kier alpha value is -3.97. The van der Waals surface area contributed by atoms with Gasteiger partial charge in [-0.1, -0.05) is 42.5 Å². The van der Waals surface area contributed by atoms with Crippen LogP contribution in [0.4, 0.5) is 0 Å². The minimum Gasteiger partial charge on any atom is -0.481 e. The number of ether oxygens (including phenoxy) is 2. The molecule has 0 fully saturated rings. The lowest BCUT2D eigenvalue weighted by Gasteiger charge is -2.13. The van der Waals surface area contributed by atoms with Gasteiger partial charge in [0.25, 0.3) is 5.91 Å². The van der Waals surface area contributed by atoms with Crippen LogP contribution in [0.1, 0.15) is 22.8 Å². The lowest BCUT2D eigenvalue weighted by Crippen LogP contribution is -2.33. The summed E-state index contributed by atoms with van der Waals surface area (Å²) in [6.45, 7) is 1.66. The number of hydrogen-bond acceptors (Lipinski definition) is 5. The van der Waals surface area contributed by atoms with Gasteiger partial charge in [0.15, 0.2) is 6.10 Å². The highest BCUT2D eigenvalue weighted by atomic mass is 79.9. The molecule has 0 bridgehead atoms. The van der Waals surface area contributed by atoms with E-state index in [9.17, 15) is 9.59 Å². The minimum atomic E-state index is -0.725. The molecule has 1 N–H and O–H groups in total. The third-order valence-corrected chi connectivity index (χ3v) is 5.67. The molecule has 0 spiro atoms. The Morgan fingerprint density at radius 1 is 0.882 bits per heavy atom. The van der Waals surface area contributed by atoms with E-state index >= 15 is 0 Å². The second-order valence-corrected chi connectivity index (χ2v) is 8.30. The first-order valence-electron chi connectivity index (χ1n) is 10.5. The quantitative estimate of drug-likeness (QED) is 0.147. The molecule has 0 heterocycles. The Bertz CT molecular complexity index is 1350. The number of esters is 1. The van der Waals surface area contributed by atoms with Crippen LogP contribution in [-0.4, -0.2) is 24.2 Å². The van der Waals surface area contributed by atoms with Crippen LogP contribution in [0.5, 0.6) is 11.5 Å². The van der Waals surface area contributed by atoms with Crippen LogP contribution >= 0.6 is 15.9 Å². The van der Waals surface area contributed by atoms with Gasteiger partial charge in [0, 0.05) is 4.47 Å². The third-order valence-electron chi connectivity index (χ3n) is 4.98. The molecule has 4 aromatic rings. The molecule has 0 unspecified atom stereocenters. The van der Waals surface area contributed by atoms with Gasteiger partial charge in [0.1, 0.15) is 11.5 Å². The summed E-state index contributed by atoms with van der Waals surface area (Å²) in [6, 6.07) is 27.4. The van der Waals surface area contributed by atoms with E-state index in [1.165, 1.54) is 6.21 Å². The van der Waals surface area contributed by atoms with Crippen LogP contribution in [0.25, 0.3) is 10.8 Å². The van der Waals surface area contributed by atoms with Crippen molar-refractivity contribution in [3.8, 4) is 11.5 Å². The normalized spacial score (nSPS) is 11.8. The number of nitrogens with zero attached hydrogens (tertiary/aromatic N) is 1. The number of halogens is 1. The third kappa shape index (κ3) is 5.88. The number of benzene rings is 4. The van der Waals surface area contributed by atoms with Crippen molar-refractivity contribution < 1.29 is 19.1 Å². The molecule has 0 saturated carbocycles. The number of fused-ring (bicyclic) bond motifs is 1. The van der Waals surface area contributed by atoms with Crippen LogP contribution in [0.2, 0.25) is 0 Å². The summed E-state index contributed by atoms with van der Waals surface area (Å²) in [7, 11) is 0. The maximum absolute atomic E-state index is 12.3. The van der Waals surface area contributed by atoms with E-state index in [2.05, 4.69) is 26.5 Å². The maximum Gasteiger partial charge on any atom is 0.344 e. The summed E-state index contributed by atoms with van der Waals surface area (Å²) in [4.78, 5) is 24.6. The molecule has 0 aromatic heterocycles. The predicted octanol–water partition coefficient (Wildman–Crippen LogP) is 5.74. The molecule has 0 radical (unpaired) electrons. The smallest absolute Gasteiger partial charge is 0.344 e. The van der Waals surface area contributed by atoms with Gasteiger partial charge in [-0.15, -0.1) is 0 Å². The van der Waals surface area contributed by atoms with Crippen LogP contribution in [0.3, 0.4) is 0 Å². The summed E-state index contributed by atoms with van der Waals surface area (Å²) in [5.74, 6) is 0.183.